The van der Waals surface area contributed by atoms with Crippen LogP contribution >= 0.6 is 0 Å². The maximum absolute atomic E-state index is 13.2. The Morgan fingerprint density at radius 1 is 1.13 bits per heavy atom. The predicted molar refractivity (Wildman–Crippen MR) is 81.4 cm³/mol. The molecule has 1 atom stereocenters. The lowest BCUT2D eigenvalue weighted by Gasteiger charge is -2.19. The van der Waals surface area contributed by atoms with Gasteiger partial charge in [-0.1, -0.05) is 18.2 Å². The van der Waals surface area contributed by atoms with E-state index in [1.165, 1.54) is 13.2 Å². The van der Waals surface area contributed by atoms with Gasteiger partial charge in [0, 0.05) is 24.8 Å². The molecule has 0 heterocycles. The number of benzene rings is 2. The number of methoxy groups -OCH3 is 2. The first-order valence-electron chi connectivity index (χ1n) is 6.95. The molecule has 0 bridgehead atoms. The van der Waals surface area contributed by atoms with Crippen molar-refractivity contribution in [3.05, 3.63) is 65.2 Å². The summed E-state index contributed by atoms with van der Waals surface area (Å²) in [5.41, 5.74) is 0.821. The topological polar surface area (TPSA) is 47.6 Å². The minimum atomic E-state index is -1.06. The zero-order chi connectivity index (χ0) is 16.8. The molecule has 0 aliphatic carbocycles. The molecule has 0 saturated heterocycles. The van der Waals surface area contributed by atoms with Crippen LogP contribution in [0.5, 0.6) is 5.75 Å². The molecule has 23 heavy (non-hydrogen) atoms. The summed E-state index contributed by atoms with van der Waals surface area (Å²) >= 11 is 0. The Labute approximate surface area is 133 Å². The summed E-state index contributed by atoms with van der Waals surface area (Å²) in [4.78, 5) is 12.0. The largest absolute Gasteiger partial charge is 0.496 e. The molecule has 0 aliphatic heterocycles. The Kier molecular flexibility index (Phi) is 5.65. The number of carbonyl (C=O) groups excluding carboxylic acids is 1. The van der Waals surface area contributed by atoms with Crippen molar-refractivity contribution < 1.29 is 23.0 Å². The van der Waals surface area contributed by atoms with Crippen molar-refractivity contribution in [1.82, 2.24) is 5.32 Å². The van der Waals surface area contributed by atoms with Crippen LogP contribution in [-0.2, 0) is 4.74 Å². The Hall–Kier alpha value is -2.47. The van der Waals surface area contributed by atoms with Crippen LogP contribution in [0.2, 0.25) is 0 Å². The van der Waals surface area contributed by atoms with Crippen LogP contribution in [0.4, 0.5) is 8.78 Å². The van der Waals surface area contributed by atoms with E-state index in [-0.39, 0.29) is 12.1 Å². The second-order valence-electron chi connectivity index (χ2n) is 4.81. The van der Waals surface area contributed by atoms with Crippen molar-refractivity contribution in [2.75, 3.05) is 20.8 Å². The number of nitrogens with one attached hydrogen (secondary N) is 1. The molecule has 1 N–H and O–H groups in total. The van der Waals surface area contributed by atoms with E-state index >= 15 is 0 Å². The van der Waals surface area contributed by atoms with E-state index in [0.717, 1.165) is 17.7 Å². The molecule has 1 amide bonds. The van der Waals surface area contributed by atoms with Crippen molar-refractivity contribution in [1.29, 1.82) is 0 Å². The van der Waals surface area contributed by atoms with Gasteiger partial charge in [-0.05, 0) is 24.3 Å². The molecule has 0 unspecified atom stereocenters. The van der Waals surface area contributed by atoms with E-state index in [9.17, 15) is 13.6 Å². The molecule has 0 aromatic heterocycles. The van der Waals surface area contributed by atoms with Crippen LogP contribution < -0.4 is 10.1 Å². The molecule has 0 spiro atoms. The van der Waals surface area contributed by atoms with Crippen LogP contribution in [0.25, 0.3) is 0 Å². The lowest BCUT2D eigenvalue weighted by molar-refractivity contribution is 0.0819. The number of hydrogen-bond donors (Lipinski definition) is 1. The van der Waals surface area contributed by atoms with Crippen LogP contribution in [0.1, 0.15) is 22.0 Å². The predicted octanol–water partition coefficient (Wildman–Crippen LogP) is 3.09. The first-order chi connectivity index (χ1) is 11.1. The SMILES string of the molecule is COc1ccccc1[C@H](CNC(=O)c1ccc(F)c(F)c1)OC. The number of halogens is 2. The van der Waals surface area contributed by atoms with Gasteiger partial charge >= 0.3 is 0 Å². The summed E-state index contributed by atoms with van der Waals surface area (Å²) in [7, 11) is 3.06. The van der Waals surface area contributed by atoms with Gasteiger partial charge in [-0.2, -0.15) is 0 Å². The van der Waals surface area contributed by atoms with Gasteiger partial charge in [0.15, 0.2) is 11.6 Å². The molecule has 122 valence electrons. The second kappa shape index (κ2) is 7.69. The van der Waals surface area contributed by atoms with Gasteiger partial charge in [0.2, 0.25) is 0 Å². The third-order valence-corrected chi connectivity index (χ3v) is 3.40. The molecule has 0 saturated carbocycles. The van der Waals surface area contributed by atoms with Crippen molar-refractivity contribution in [3.8, 4) is 5.75 Å². The van der Waals surface area contributed by atoms with Crippen LogP contribution in [0.3, 0.4) is 0 Å². The number of amides is 1. The Balaban J connectivity index is 2.08. The first kappa shape index (κ1) is 16.9. The third kappa shape index (κ3) is 4.04. The molecular formula is C17H17F2NO3. The minimum Gasteiger partial charge on any atom is -0.496 e. The summed E-state index contributed by atoms with van der Waals surface area (Å²) in [6.07, 6.45) is -0.430. The zero-order valence-corrected chi connectivity index (χ0v) is 12.8. The maximum Gasteiger partial charge on any atom is 0.251 e. The normalized spacial score (nSPS) is 11.8. The molecule has 0 radical (unpaired) electrons. The highest BCUT2D eigenvalue weighted by molar-refractivity contribution is 5.94. The summed E-state index contributed by atoms with van der Waals surface area (Å²) in [5, 5.41) is 2.64. The van der Waals surface area contributed by atoms with Gasteiger partial charge in [0.05, 0.1) is 7.11 Å². The molecule has 6 heteroatoms. The number of hydrogen-bond acceptors (Lipinski definition) is 3. The summed E-state index contributed by atoms with van der Waals surface area (Å²) in [5.74, 6) is -1.93. The van der Waals surface area contributed by atoms with Crippen LogP contribution in [-0.4, -0.2) is 26.7 Å². The van der Waals surface area contributed by atoms with Gasteiger partial charge in [-0.25, -0.2) is 8.78 Å². The van der Waals surface area contributed by atoms with Crippen molar-refractivity contribution in [3.63, 3.8) is 0 Å². The number of carbonyl (C=O) groups is 1. The molecule has 0 aliphatic rings. The lowest BCUT2D eigenvalue weighted by Crippen LogP contribution is -2.29. The summed E-state index contributed by atoms with van der Waals surface area (Å²) in [6.45, 7) is 0.161. The third-order valence-electron chi connectivity index (χ3n) is 3.40. The quantitative estimate of drug-likeness (QED) is 0.889. The molecule has 2 rings (SSSR count). The highest BCUT2D eigenvalue weighted by Gasteiger charge is 2.17. The van der Waals surface area contributed by atoms with Crippen LogP contribution in [0, 0.1) is 11.6 Å². The highest BCUT2D eigenvalue weighted by atomic mass is 19.2. The fraction of sp³-hybridized carbons (Fsp3) is 0.235. The number of rotatable bonds is 6. The van der Waals surface area contributed by atoms with E-state index in [1.807, 2.05) is 18.2 Å². The minimum absolute atomic E-state index is 0.0405. The average molecular weight is 321 g/mol. The Morgan fingerprint density at radius 3 is 2.52 bits per heavy atom. The summed E-state index contributed by atoms with van der Waals surface area (Å²) < 4.78 is 36.7. The zero-order valence-electron chi connectivity index (χ0n) is 12.8. The second-order valence-corrected chi connectivity index (χ2v) is 4.81. The monoisotopic (exact) mass is 321 g/mol. The van der Waals surface area contributed by atoms with Crippen molar-refractivity contribution >= 4 is 5.91 Å². The average Bonchev–Trinajstić information content (AvgIpc) is 2.58. The van der Waals surface area contributed by atoms with Gasteiger partial charge < -0.3 is 14.8 Å². The highest BCUT2D eigenvalue weighted by Crippen LogP contribution is 2.26. The fourth-order valence-electron chi connectivity index (χ4n) is 2.18. The molecule has 2 aromatic rings. The van der Waals surface area contributed by atoms with Crippen molar-refractivity contribution in [2.24, 2.45) is 0 Å². The van der Waals surface area contributed by atoms with Gasteiger partial charge in [-0.3, -0.25) is 4.79 Å². The number of para-hydroxylation sites is 1. The molecular weight excluding hydrogens is 304 g/mol. The maximum atomic E-state index is 13.2. The number of ether oxygens (including phenoxy) is 2. The molecule has 2 aromatic carbocycles. The molecule has 4 nitrogen and oxygen atoms in total. The van der Waals surface area contributed by atoms with Crippen LogP contribution in [0.15, 0.2) is 42.5 Å². The van der Waals surface area contributed by atoms with E-state index in [2.05, 4.69) is 5.32 Å². The first-order valence-corrected chi connectivity index (χ1v) is 6.95. The molecule has 0 fully saturated rings. The van der Waals surface area contributed by atoms with E-state index in [4.69, 9.17) is 9.47 Å². The summed E-state index contributed by atoms with van der Waals surface area (Å²) in [6, 6.07) is 10.3. The van der Waals surface area contributed by atoms with Crippen molar-refractivity contribution in [2.45, 2.75) is 6.10 Å². The van der Waals surface area contributed by atoms with E-state index < -0.39 is 23.6 Å². The lowest BCUT2D eigenvalue weighted by atomic mass is 10.1. The van der Waals surface area contributed by atoms with E-state index in [0.29, 0.717) is 5.75 Å². The Morgan fingerprint density at radius 2 is 1.87 bits per heavy atom. The Bertz CT molecular complexity index is 691. The smallest absolute Gasteiger partial charge is 0.251 e. The van der Waals surface area contributed by atoms with E-state index in [1.54, 1.807) is 13.2 Å². The standard InChI is InChI=1S/C17H17F2NO3/c1-22-15-6-4-3-5-12(15)16(23-2)10-20-17(21)11-7-8-13(18)14(19)9-11/h3-9,16H,10H2,1-2H3,(H,20,21)/t16-/m0/s1. The van der Waals surface area contributed by atoms with Gasteiger partial charge in [0.1, 0.15) is 11.9 Å². The van der Waals surface area contributed by atoms with Gasteiger partial charge in [-0.15, -0.1) is 0 Å². The fourth-order valence-corrected chi connectivity index (χ4v) is 2.18. The van der Waals surface area contributed by atoms with Gasteiger partial charge in [0.25, 0.3) is 5.91 Å².